The second kappa shape index (κ2) is 2.18. The van der Waals surface area contributed by atoms with E-state index in [1.807, 2.05) is 5.87 Å². The largest absolute Gasteiger partial charge is 0.349 e. The van der Waals surface area contributed by atoms with Crippen molar-refractivity contribution in [2.75, 3.05) is 0 Å². The molecule has 0 radical (unpaired) electrons. The van der Waals surface area contributed by atoms with Crippen molar-refractivity contribution >= 4 is 11.9 Å². The van der Waals surface area contributed by atoms with Crippen LogP contribution >= 0.6 is 0 Å². The van der Waals surface area contributed by atoms with Crippen molar-refractivity contribution in [1.29, 1.82) is 0 Å². The number of nitrogens with zero attached hydrogens (tertiary/aromatic N) is 1. The van der Waals surface area contributed by atoms with Gasteiger partial charge in [-0.25, -0.2) is 4.79 Å². The molecule has 2 amide bonds. The molecule has 0 spiro atoms. The van der Waals surface area contributed by atoms with Gasteiger partial charge in [-0.05, 0) is 12.4 Å². The summed E-state index contributed by atoms with van der Waals surface area (Å²) in [4.78, 5) is 12.5. The highest BCUT2D eigenvalue weighted by molar-refractivity contribution is 5.79. The van der Waals surface area contributed by atoms with E-state index < -0.39 is 6.03 Å². The van der Waals surface area contributed by atoms with Gasteiger partial charge < -0.3 is 5.73 Å². The van der Waals surface area contributed by atoms with Gasteiger partial charge in [-0.15, -0.1) is 0 Å². The fourth-order valence-corrected chi connectivity index (χ4v) is 0.0779. The summed E-state index contributed by atoms with van der Waals surface area (Å²) in [5, 5.41) is 0. The summed E-state index contributed by atoms with van der Waals surface area (Å²) in [7, 11) is 0. The Morgan fingerprint density at radius 3 is 2.50 bits per heavy atom. The normalized spacial score (nSPS) is 6.00. The van der Waals surface area contributed by atoms with E-state index in [0.717, 1.165) is 0 Å². The maximum Gasteiger partial charge on any atom is 0.346 e. The summed E-state index contributed by atoms with van der Waals surface area (Å²) < 4.78 is 0. The van der Waals surface area contributed by atoms with Crippen LogP contribution < -0.4 is 5.73 Å². The number of primary amides is 1. The lowest BCUT2D eigenvalue weighted by atomic mass is 11.0. The maximum atomic E-state index is 9.55. The van der Waals surface area contributed by atoms with Gasteiger partial charge in [-0.1, -0.05) is 0 Å². The number of amides is 2. The number of nitrogens with two attached hydrogens (primary N) is 1. The maximum absolute atomic E-state index is 9.55. The second-order valence-electron chi connectivity index (χ2n) is 0.608. The van der Waals surface area contributed by atoms with Gasteiger partial charge in [-0.2, -0.15) is 4.99 Å². The average Bonchev–Trinajstić information content (AvgIpc) is 1.35. The van der Waals surface area contributed by atoms with Crippen LogP contribution in [0.25, 0.3) is 0 Å². The fourth-order valence-electron chi connectivity index (χ4n) is 0.0779. The van der Waals surface area contributed by atoms with Crippen LogP contribution in [-0.4, -0.2) is 11.9 Å². The molecule has 0 heterocycles. The van der Waals surface area contributed by atoms with Crippen molar-refractivity contribution in [2.45, 2.75) is 0 Å². The van der Waals surface area contributed by atoms with E-state index in [0.29, 0.717) is 0 Å². The summed E-state index contributed by atoms with van der Waals surface area (Å²) in [6.45, 7) is 3.01. The van der Waals surface area contributed by atoms with Gasteiger partial charge in [-0.3, -0.25) is 0 Å². The van der Waals surface area contributed by atoms with Crippen LogP contribution in [0.4, 0.5) is 4.79 Å². The van der Waals surface area contributed by atoms with Crippen molar-refractivity contribution in [3.63, 3.8) is 0 Å². The van der Waals surface area contributed by atoms with E-state index in [1.165, 1.54) is 0 Å². The molecule has 0 bridgehead atoms. The number of urea groups is 1. The molecular formula is C3H4N2O. The van der Waals surface area contributed by atoms with Gasteiger partial charge in [0.15, 0.2) is 0 Å². The summed E-state index contributed by atoms with van der Waals surface area (Å²) in [5.41, 5.74) is 4.49. The van der Waals surface area contributed by atoms with E-state index in [2.05, 4.69) is 17.3 Å². The summed E-state index contributed by atoms with van der Waals surface area (Å²) in [6, 6.07) is -0.759. The van der Waals surface area contributed by atoms with E-state index in [4.69, 9.17) is 0 Å². The third kappa shape index (κ3) is 2.92. The molecular weight excluding hydrogens is 80.0 g/mol. The van der Waals surface area contributed by atoms with Gasteiger partial charge >= 0.3 is 6.03 Å². The summed E-state index contributed by atoms with van der Waals surface area (Å²) >= 11 is 0. The molecule has 0 aliphatic rings. The standard InChI is InChI=1S/C3H4N2O/c1-2-5-3(4)6/h1H2,(H2,4,6). The molecule has 3 heteroatoms. The van der Waals surface area contributed by atoms with Crippen LogP contribution in [0.3, 0.4) is 0 Å². The molecule has 0 aromatic rings. The minimum atomic E-state index is -0.759. The van der Waals surface area contributed by atoms with Crippen molar-refractivity contribution < 1.29 is 4.79 Å². The zero-order valence-electron chi connectivity index (χ0n) is 3.14. The first-order chi connectivity index (χ1) is 2.77. The Morgan fingerprint density at radius 2 is 2.50 bits per heavy atom. The molecule has 0 fully saturated rings. The highest BCUT2D eigenvalue weighted by atomic mass is 16.2. The van der Waals surface area contributed by atoms with E-state index in [1.54, 1.807) is 0 Å². The molecule has 0 aliphatic carbocycles. The monoisotopic (exact) mass is 84.0 g/mol. The molecule has 6 heavy (non-hydrogen) atoms. The number of rotatable bonds is 0. The zero-order valence-corrected chi connectivity index (χ0v) is 3.14. The van der Waals surface area contributed by atoms with Crippen LogP contribution in [0.5, 0.6) is 0 Å². The van der Waals surface area contributed by atoms with Crippen molar-refractivity contribution in [1.82, 2.24) is 0 Å². The zero-order chi connectivity index (χ0) is 4.99. The van der Waals surface area contributed by atoms with Crippen LogP contribution in [0.15, 0.2) is 11.6 Å². The minimum Gasteiger partial charge on any atom is -0.349 e. The molecule has 32 valence electrons. The Kier molecular flexibility index (Phi) is 1.78. The highest BCUT2D eigenvalue weighted by Crippen LogP contribution is 1.55. The lowest BCUT2D eigenvalue weighted by molar-refractivity contribution is 0.257. The first kappa shape index (κ1) is 4.92. The number of aliphatic imine (C=N–C) groups is 1. The minimum absolute atomic E-state index is 0.759. The van der Waals surface area contributed by atoms with Crippen LogP contribution in [0.1, 0.15) is 0 Å². The third-order valence-electron chi connectivity index (χ3n) is 0.189. The molecule has 0 atom stereocenters. The Bertz CT molecular complexity index is 101. The van der Waals surface area contributed by atoms with Crippen molar-refractivity contribution in [3.05, 3.63) is 6.58 Å². The number of carbonyl (C=O) groups excluding carboxylic acids is 1. The molecule has 0 saturated heterocycles. The SMILES string of the molecule is C=C=NC(N)=O. The van der Waals surface area contributed by atoms with E-state index >= 15 is 0 Å². The summed E-state index contributed by atoms with van der Waals surface area (Å²) in [5.74, 6) is 1.97. The van der Waals surface area contributed by atoms with Crippen LogP contribution in [0.2, 0.25) is 0 Å². The molecule has 0 saturated carbocycles. The van der Waals surface area contributed by atoms with Crippen molar-refractivity contribution in [2.24, 2.45) is 10.7 Å². The van der Waals surface area contributed by atoms with Crippen molar-refractivity contribution in [3.8, 4) is 0 Å². The van der Waals surface area contributed by atoms with Gasteiger partial charge in [0.2, 0.25) is 0 Å². The molecule has 2 N–H and O–H groups in total. The predicted octanol–water partition coefficient (Wildman–Crippen LogP) is -0.0792. The first-order valence-corrected chi connectivity index (χ1v) is 1.29. The Morgan fingerprint density at radius 1 is 2.00 bits per heavy atom. The molecule has 0 unspecified atom stereocenters. The topological polar surface area (TPSA) is 55.4 Å². The lowest BCUT2D eigenvalue weighted by Gasteiger charge is -1.66. The number of carbonyl (C=O) groups is 1. The predicted molar refractivity (Wildman–Crippen MR) is 22.6 cm³/mol. The van der Waals surface area contributed by atoms with Gasteiger partial charge in [0, 0.05) is 0 Å². The quantitative estimate of drug-likeness (QED) is 0.410. The average molecular weight is 84.1 g/mol. The molecule has 0 aromatic carbocycles. The summed E-state index contributed by atoms with van der Waals surface area (Å²) in [6.07, 6.45) is 0. The lowest BCUT2D eigenvalue weighted by Crippen LogP contribution is -2.02. The molecule has 3 nitrogen and oxygen atoms in total. The molecule has 0 rings (SSSR count). The smallest absolute Gasteiger partial charge is 0.346 e. The van der Waals surface area contributed by atoms with Crippen LogP contribution in [0, 0.1) is 0 Å². The number of hydrogen-bond donors (Lipinski definition) is 1. The van der Waals surface area contributed by atoms with Gasteiger partial charge in [0.25, 0.3) is 0 Å². The Hall–Kier alpha value is -1.08. The molecule has 0 aromatic heterocycles. The van der Waals surface area contributed by atoms with E-state index in [-0.39, 0.29) is 0 Å². The second-order valence-corrected chi connectivity index (χ2v) is 0.608. The first-order valence-electron chi connectivity index (χ1n) is 1.29. The number of hydrogen-bond acceptors (Lipinski definition) is 1. The Labute approximate surface area is 35.2 Å². The van der Waals surface area contributed by atoms with Gasteiger partial charge in [0.05, 0.1) is 0 Å². The third-order valence-corrected chi connectivity index (χ3v) is 0.189. The molecule has 0 aliphatic heterocycles. The Balaban J connectivity index is 3.60. The van der Waals surface area contributed by atoms with E-state index in [9.17, 15) is 4.79 Å². The fraction of sp³-hybridized carbons (Fsp3) is 0. The van der Waals surface area contributed by atoms with Crippen LogP contribution in [-0.2, 0) is 0 Å². The highest BCUT2D eigenvalue weighted by Gasteiger charge is 1.73. The van der Waals surface area contributed by atoms with Gasteiger partial charge in [0.1, 0.15) is 0 Å².